The lowest BCUT2D eigenvalue weighted by Gasteiger charge is -2.35. The van der Waals surface area contributed by atoms with Crippen LogP contribution >= 0.6 is 0 Å². The van der Waals surface area contributed by atoms with Gasteiger partial charge in [0, 0.05) is 32.4 Å². The zero-order valence-corrected chi connectivity index (χ0v) is 12.9. The number of aliphatic hydroxyl groups is 1. The topological polar surface area (TPSA) is 40.5 Å². The van der Waals surface area contributed by atoms with Gasteiger partial charge in [-0.15, -0.1) is 0 Å². The fraction of sp³-hybridized carbons (Fsp3) is 0.938. The van der Waals surface area contributed by atoms with Crippen LogP contribution in [0.15, 0.2) is 0 Å². The van der Waals surface area contributed by atoms with E-state index < -0.39 is 17.4 Å². The number of carbonyl (C=O) groups excluding carboxylic acids is 1. The second-order valence-electron chi connectivity index (χ2n) is 6.98. The number of amides is 1. The van der Waals surface area contributed by atoms with Gasteiger partial charge in [0.1, 0.15) is 0 Å². The molecule has 122 valence electrons. The van der Waals surface area contributed by atoms with Crippen LogP contribution in [0.2, 0.25) is 0 Å². The van der Waals surface area contributed by atoms with Gasteiger partial charge < -0.3 is 10.0 Å². The van der Waals surface area contributed by atoms with Crippen molar-refractivity contribution in [2.24, 2.45) is 5.92 Å². The first-order valence-corrected chi connectivity index (χ1v) is 8.17. The summed E-state index contributed by atoms with van der Waals surface area (Å²) in [7, 11) is 1.64. The largest absolute Gasteiger partial charge is 0.388 e. The Kier molecular flexibility index (Phi) is 5.23. The van der Waals surface area contributed by atoms with Gasteiger partial charge in [-0.2, -0.15) is 0 Å². The van der Waals surface area contributed by atoms with Crippen molar-refractivity contribution in [3.8, 4) is 0 Å². The Balaban J connectivity index is 1.92. The van der Waals surface area contributed by atoms with Gasteiger partial charge in [0.25, 0.3) is 0 Å². The molecule has 2 fully saturated rings. The molecule has 3 nitrogen and oxygen atoms in total. The summed E-state index contributed by atoms with van der Waals surface area (Å²) in [6, 6.07) is 0. The van der Waals surface area contributed by atoms with Crippen molar-refractivity contribution in [2.45, 2.75) is 75.7 Å². The van der Waals surface area contributed by atoms with Crippen LogP contribution < -0.4 is 0 Å². The van der Waals surface area contributed by atoms with E-state index in [2.05, 4.69) is 0 Å². The highest BCUT2D eigenvalue weighted by molar-refractivity contribution is 5.78. The van der Waals surface area contributed by atoms with E-state index in [1.807, 2.05) is 0 Å². The van der Waals surface area contributed by atoms with Gasteiger partial charge >= 0.3 is 0 Å². The Morgan fingerprint density at radius 2 is 1.76 bits per heavy atom. The van der Waals surface area contributed by atoms with Crippen LogP contribution in [0.3, 0.4) is 0 Å². The van der Waals surface area contributed by atoms with E-state index in [0.29, 0.717) is 25.7 Å². The third kappa shape index (κ3) is 4.63. The summed E-state index contributed by atoms with van der Waals surface area (Å²) in [4.78, 5) is 13.9. The molecule has 0 radical (unpaired) electrons. The third-order valence-electron chi connectivity index (χ3n) is 4.93. The van der Waals surface area contributed by atoms with Gasteiger partial charge in [-0.25, -0.2) is 8.78 Å². The molecule has 0 saturated heterocycles. The molecule has 2 aliphatic carbocycles. The van der Waals surface area contributed by atoms with Gasteiger partial charge in [-0.05, 0) is 25.7 Å². The summed E-state index contributed by atoms with van der Waals surface area (Å²) in [6.07, 6.45) is 6.08. The molecule has 1 amide bonds. The first-order valence-electron chi connectivity index (χ1n) is 8.17. The lowest BCUT2D eigenvalue weighted by Crippen LogP contribution is -2.46. The first-order chi connectivity index (χ1) is 9.81. The molecule has 0 aromatic rings. The molecule has 0 unspecified atom stereocenters. The predicted molar refractivity (Wildman–Crippen MR) is 77.2 cm³/mol. The highest BCUT2D eigenvalue weighted by Gasteiger charge is 2.41. The standard InChI is InChI=1S/C16H27F2NO2/c1-19(12-15(21)8-4-2-3-5-9-15)14(20)13-7-6-10-16(17,18)11-13/h13,21H,2-12H2,1H3/t13-/m0/s1. The predicted octanol–water partition coefficient (Wildman–Crippen LogP) is 3.36. The Labute approximate surface area is 125 Å². The van der Waals surface area contributed by atoms with Crippen molar-refractivity contribution in [1.82, 2.24) is 4.90 Å². The first kappa shape index (κ1) is 16.7. The number of hydrogen-bond acceptors (Lipinski definition) is 2. The average molecular weight is 303 g/mol. The summed E-state index contributed by atoms with van der Waals surface area (Å²) < 4.78 is 26.9. The lowest BCUT2D eigenvalue weighted by molar-refractivity contribution is -0.144. The van der Waals surface area contributed by atoms with Crippen LogP contribution in [-0.4, -0.2) is 41.0 Å². The molecule has 2 rings (SSSR count). The molecule has 1 N–H and O–H groups in total. The van der Waals surface area contributed by atoms with Crippen LogP contribution in [0.5, 0.6) is 0 Å². The van der Waals surface area contributed by atoms with Crippen molar-refractivity contribution in [1.29, 1.82) is 0 Å². The number of halogens is 2. The van der Waals surface area contributed by atoms with Gasteiger partial charge in [0.05, 0.1) is 5.60 Å². The monoisotopic (exact) mass is 303 g/mol. The lowest BCUT2D eigenvalue weighted by atomic mass is 9.85. The fourth-order valence-electron chi connectivity index (χ4n) is 3.76. The van der Waals surface area contributed by atoms with Crippen LogP contribution in [0.1, 0.15) is 64.2 Å². The minimum Gasteiger partial charge on any atom is -0.388 e. The van der Waals surface area contributed by atoms with E-state index in [4.69, 9.17) is 0 Å². The maximum absolute atomic E-state index is 13.4. The number of carbonyl (C=O) groups is 1. The second-order valence-corrected chi connectivity index (χ2v) is 6.98. The fourth-order valence-corrected chi connectivity index (χ4v) is 3.76. The van der Waals surface area contributed by atoms with Gasteiger partial charge in [0.2, 0.25) is 11.8 Å². The van der Waals surface area contributed by atoms with E-state index in [0.717, 1.165) is 25.7 Å². The Morgan fingerprint density at radius 3 is 2.33 bits per heavy atom. The highest BCUT2D eigenvalue weighted by Crippen LogP contribution is 2.37. The minimum absolute atomic E-state index is 0.107. The maximum Gasteiger partial charge on any atom is 0.248 e. The maximum atomic E-state index is 13.4. The molecule has 0 aliphatic heterocycles. The van der Waals surface area contributed by atoms with Crippen molar-refractivity contribution in [3.05, 3.63) is 0 Å². The number of hydrogen-bond donors (Lipinski definition) is 1. The van der Waals surface area contributed by atoms with E-state index in [9.17, 15) is 18.7 Å². The number of likely N-dealkylation sites (N-methyl/N-ethyl adjacent to an activating group) is 1. The summed E-state index contributed by atoms with van der Waals surface area (Å²) >= 11 is 0. The highest BCUT2D eigenvalue weighted by atomic mass is 19.3. The SMILES string of the molecule is CN(CC1(O)CCCCCC1)C(=O)[C@H]1CCCC(F)(F)C1. The van der Waals surface area contributed by atoms with E-state index in [1.54, 1.807) is 7.05 Å². The van der Waals surface area contributed by atoms with Crippen molar-refractivity contribution in [2.75, 3.05) is 13.6 Å². The van der Waals surface area contributed by atoms with E-state index in [1.165, 1.54) is 4.90 Å². The molecule has 0 aromatic heterocycles. The average Bonchev–Trinajstić information content (AvgIpc) is 2.61. The zero-order valence-electron chi connectivity index (χ0n) is 12.9. The summed E-state index contributed by atoms with van der Waals surface area (Å²) in [5.41, 5.74) is -0.835. The Bertz CT molecular complexity index is 365. The molecule has 0 heterocycles. The van der Waals surface area contributed by atoms with Crippen LogP contribution in [0, 0.1) is 5.92 Å². The molecule has 0 bridgehead atoms. The zero-order chi connectivity index (χ0) is 15.5. The molecule has 5 heteroatoms. The molecule has 21 heavy (non-hydrogen) atoms. The molecule has 1 atom stereocenters. The molecule has 2 saturated carbocycles. The Hall–Kier alpha value is -0.710. The van der Waals surface area contributed by atoms with Gasteiger partial charge in [0.15, 0.2) is 0 Å². The van der Waals surface area contributed by atoms with Crippen molar-refractivity contribution < 1.29 is 18.7 Å². The van der Waals surface area contributed by atoms with Crippen LogP contribution in [0.25, 0.3) is 0 Å². The number of alkyl halides is 2. The number of rotatable bonds is 3. The molecular weight excluding hydrogens is 276 g/mol. The van der Waals surface area contributed by atoms with Crippen LogP contribution in [-0.2, 0) is 4.79 Å². The normalized spacial score (nSPS) is 28.7. The molecule has 0 aromatic carbocycles. The van der Waals surface area contributed by atoms with E-state index >= 15 is 0 Å². The molecule has 2 aliphatic rings. The molecular formula is C16H27F2NO2. The van der Waals surface area contributed by atoms with Gasteiger partial charge in [-0.3, -0.25) is 4.79 Å². The number of nitrogens with zero attached hydrogens (tertiary/aromatic N) is 1. The summed E-state index contributed by atoms with van der Waals surface area (Å²) in [6.45, 7) is 0.272. The van der Waals surface area contributed by atoms with Crippen molar-refractivity contribution in [3.63, 3.8) is 0 Å². The van der Waals surface area contributed by atoms with Gasteiger partial charge in [-0.1, -0.05) is 25.7 Å². The third-order valence-corrected chi connectivity index (χ3v) is 4.93. The van der Waals surface area contributed by atoms with Crippen LogP contribution in [0.4, 0.5) is 8.78 Å². The summed E-state index contributed by atoms with van der Waals surface area (Å²) in [5.74, 6) is -3.53. The van der Waals surface area contributed by atoms with Crippen molar-refractivity contribution >= 4 is 5.91 Å². The smallest absolute Gasteiger partial charge is 0.248 e. The minimum atomic E-state index is -2.71. The van der Waals surface area contributed by atoms with E-state index in [-0.39, 0.29) is 25.3 Å². The quantitative estimate of drug-likeness (QED) is 0.812. The summed E-state index contributed by atoms with van der Waals surface area (Å²) in [5, 5.41) is 10.6. The Morgan fingerprint density at radius 1 is 1.14 bits per heavy atom. The second kappa shape index (κ2) is 6.59. The molecule has 0 spiro atoms.